The number of aromatic nitrogens is 3. The third-order valence-corrected chi connectivity index (χ3v) is 5.74. The lowest BCUT2D eigenvalue weighted by Crippen LogP contribution is -2.23. The molecule has 142 valence electrons. The van der Waals surface area contributed by atoms with Crippen LogP contribution >= 0.6 is 0 Å². The van der Waals surface area contributed by atoms with E-state index in [1.54, 1.807) is 29.2 Å². The molecule has 3 rings (SSSR count). The number of hydrogen-bond donors (Lipinski definition) is 1. The molecule has 0 aliphatic heterocycles. The Morgan fingerprint density at radius 1 is 1.04 bits per heavy atom. The van der Waals surface area contributed by atoms with Crippen molar-refractivity contribution < 1.29 is 8.42 Å². The zero-order valence-electron chi connectivity index (χ0n) is 16.0. The van der Waals surface area contributed by atoms with Crippen molar-refractivity contribution in [3.8, 4) is 11.3 Å². The van der Waals surface area contributed by atoms with E-state index in [4.69, 9.17) is 0 Å². The SMILES string of the molecule is Cn1cc(-c2ccc(CNS(=O)(=O)c3ccc(C(C)(C)C)cc3)cn2)cn1. The van der Waals surface area contributed by atoms with Gasteiger partial charge in [0.25, 0.3) is 0 Å². The molecule has 0 bridgehead atoms. The average Bonchev–Trinajstić information content (AvgIpc) is 3.06. The molecule has 0 aliphatic rings. The summed E-state index contributed by atoms with van der Waals surface area (Å²) >= 11 is 0. The van der Waals surface area contributed by atoms with Crippen LogP contribution in [0.2, 0.25) is 0 Å². The predicted octanol–water partition coefficient (Wildman–Crippen LogP) is 3.26. The first kappa shape index (κ1) is 19.3. The number of pyridine rings is 1. The van der Waals surface area contributed by atoms with Gasteiger partial charge >= 0.3 is 0 Å². The van der Waals surface area contributed by atoms with Crippen LogP contribution in [0, 0.1) is 0 Å². The lowest BCUT2D eigenvalue weighted by Gasteiger charge is -2.19. The first-order valence-electron chi connectivity index (χ1n) is 8.69. The van der Waals surface area contributed by atoms with Crippen LogP contribution in [0.25, 0.3) is 11.3 Å². The summed E-state index contributed by atoms with van der Waals surface area (Å²) in [4.78, 5) is 4.65. The molecule has 0 amide bonds. The molecular formula is C20H24N4O2S. The zero-order valence-corrected chi connectivity index (χ0v) is 16.8. The number of hydrogen-bond acceptors (Lipinski definition) is 4. The Bertz CT molecular complexity index is 1020. The van der Waals surface area contributed by atoms with Gasteiger partial charge in [0.1, 0.15) is 0 Å². The first-order chi connectivity index (χ1) is 12.6. The van der Waals surface area contributed by atoms with Gasteiger partial charge < -0.3 is 0 Å². The Hall–Kier alpha value is -2.51. The number of rotatable bonds is 5. The van der Waals surface area contributed by atoms with E-state index in [2.05, 4.69) is 35.6 Å². The highest BCUT2D eigenvalue weighted by atomic mass is 32.2. The van der Waals surface area contributed by atoms with Crippen molar-refractivity contribution in [2.45, 2.75) is 37.6 Å². The van der Waals surface area contributed by atoms with Gasteiger partial charge in [-0.2, -0.15) is 5.10 Å². The van der Waals surface area contributed by atoms with E-state index in [0.717, 1.165) is 22.4 Å². The monoisotopic (exact) mass is 384 g/mol. The highest BCUT2D eigenvalue weighted by molar-refractivity contribution is 7.89. The van der Waals surface area contributed by atoms with E-state index in [0.29, 0.717) is 0 Å². The Kier molecular flexibility index (Phi) is 5.17. The third-order valence-electron chi connectivity index (χ3n) is 4.32. The standard InChI is InChI=1S/C20H24N4O2S/c1-20(2,3)17-6-8-18(9-7-17)27(25,26)23-12-15-5-10-19(21-11-15)16-13-22-24(4)14-16/h5-11,13-14,23H,12H2,1-4H3. The van der Waals surface area contributed by atoms with Crippen LogP contribution in [0.15, 0.2) is 59.9 Å². The van der Waals surface area contributed by atoms with E-state index < -0.39 is 10.0 Å². The quantitative estimate of drug-likeness (QED) is 0.732. The number of nitrogens with one attached hydrogen (secondary N) is 1. The van der Waals surface area contributed by atoms with Gasteiger partial charge in [-0.15, -0.1) is 0 Å². The number of benzene rings is 1. The van der Waals surface area contributed by atoms with Gasteiger partial charge in [-0.3, -0.25) is 9.67 Å². The van der Waals surface area contributed by atoms with E-state index in [1.165, 1.54) is 0 Å². The maximum Gasteiger partial charge on any atom is 0.240 e. The first-order valence-corrected chi connectivity index (χ1v) is 10.2. The molecule has 0 fully saturated rings. The molecule has 7 heteroatoms. The van der Waals surface area contributed by atoms with E-state index in [-0.39, 0.29) is 16.9 Å². The van der Waals surface area contributed by atoms with Crippen molar-refractivity contribution in [2.75, 3.05) is 0 Å². The lowest BCUT2D eigenvalue weighted by molar-refractivity contribution is 0.578. The highest BCUT2D eigenvalue weighted by Crippen LogP contribution is 2.23. The van der Waals surface area contributed by atoms with Crippen LogP contribution in [0.1, 0.15) is 31.9 Å². The van der Waals surface area contributed by atoms with Crippen LogP contribution in [-0.2, 0) is 29.0 Å². The lowest BCUT2D eigenvalue weighted by atomic mass is 9.87. The molecule has 1 N–H and O–H groups in total. The van der Waals surface area contributed by atoms with E-state index in [1.807, 2.05) is 37.5 Å². The summed E-state index contributed by atoms with van der Waals surface area (Å²) in [6.45, 7) is 6.47. The largest absolute Gasteiger partial charge is 0.275 e. The van der Waals surface area contributed by atoms with Gasteiger partial charge in [0.2, 0.25) is 10.0 Å². The maximum atomic E-state index is 12.5. The second kappa shape index (κ2) is 7.25. The van der Waals surface area contributed by atoms with E-state index in [9.17, 15) is 8.42 Å². The van der Waals surface area contributed by atoms with Crippen LogP contribution in [0.5, 0.6) is 0 Å². The van der Waals surface area contributed by atoms with Crippen LogP contribution < -0.4 is 4.72 Å². The van der Waals surface area contributed by atoms with Crippen molar-refractivity contribution in [2.24, 2.45) is 7.05 Å². The van der Waals surface area contributed by atoms with Gasteiger partial charge in [-0.25, -0.2) is 13.1 Å². The van der Waals surface area contributed by atoms with Crippen LogP contribution in [-0.4, -0.2) is 23.2 Å². The van der Waals surface area contributed by atoms with Crippen molar-refractivity contribution in [1.82, 2.24) is 19.5 Å². The molecule has 0 radical (unpaired) electrons. The smallest absolute Gasteiger partial charge is 0.240 e. The Labute approximate surface area is 160 Å². The molecule has 27 heavy (non-hydrogen) atoms. The minimum absolute atomic E-state index is 0.0165. The summed E-state index contributed by atoms with van der Waals surface area (Å²) in [6, 6.07) is 10.7. The summed E-state index contributed by atoms with van der Waals surface area (Å²) in [5, 5.41) is 4.12. The molecule has 3 aromatic rings. The summed E-state index contributed by atoms with van der Waals surface area (Å²) in [6.07, 6.45) is 5.30. The fourth-order valence-corrected chi connectivity index (χ4v) is 3.67. The third kappa shape index (κ3) is 4.61. The molecule has 0 saturated carbocycles. The van der Waals surface area contributed by atoms with Gasteiger partial charge in [-0.1, -0.05) is 39.0 Å². The fourth-order valence-electron chi connectivity index (χ4n) is 2.65. The summed E-state index contributed by atoms with van der Waals surface area (Å²) < 4.78 is 29.4. The van der Waals surface area contributed by atoms with Gasteiger partial charge in [0.15, 0.2) is 0 Å². The van der Waals surface area contributed by atoms with Crippen molar-refractivity contribution in [3.05, 3.63) is 66.1 Å². The number of nitrogens with zero attached hydrogens (tertiary/aromatic N) is 3. The number of aryl methyl sites for hydroxylation is 1. The topological polar surface area (TPSA) is 76.9 Å². The Balaban J connectivity index is 1.68. The van der Waals surface area contributed by atoms with Gasteiger partial charge in [0, 0.05) is 31.5 Å². The maximum absolute atomic E-state index is 12.5. The molecule has 0 saturated heterocycles. The van der Waals surface area contributed by atoms with Crippen molar-refractivity contribution in [3.63, 3.8) is 0 Å². The second-order valence-electron chi connectivity index (χ2n) is 7.55. The van der Waals surface area contributed by atoms with Crippen LogP contribution in [0.4, 0.5) is 0 Å². The second-order valence-corrected chi connectivity index (χ2v) is 9.32. The molecule has 0 spiro atoms. The number of sulfonamides is 1. The molecule has 1 aromatic carbocycles. The molecule has 0 unspecified atom stereocenters. The average molecular weight is 385 g/mol. The van der Waals surface area contributed by atoms with E-state index >= 15 is 0 Å². The molecule has 0 aliphatic carbocycles. The van der Waals surface area contributed by atoms with Crippen molar-refractivity contribution >= 4 is 10.0 Å². The minimum atomic E-state index is -3.57. The molecule has 2 aromatic heterocycles. The summed E-state index contributed by atoms with van der Waals surface area (Å²) in [7, 11) is -1.72. The highest BCUT2D eigenvalue weighted by Gasteiger charge is 2.17. The Morgan fingerprint density at radius 3 is 2.26 bits per heavy atom. The zero-order chi connectivity index (χ0) is 19.7. The summed E-state index contributed by atoms with van der Waals surface area (Å²) in [5.41, 5.74) is 3.59. The molecule has 0 atom stereocenters. The minimum Gasteiger partial charge on any atom is -0.275 e. The molecular weight excluding hydrogens is 360 g/mol. The van der Waals surface area contributed by atoms with Crippen LogP contribution in [0.3, 0.4) is 0 Å². The van der Waals surface area contributed by atoms with Crippen molar-refractivity contribution in [1.29, 1.82) is 0 Å². The molecule has 6 nitrogen and oxygen atoms in total. The Morgan fingerprint density at radius 2 is 1.74 bits per heavy atom. The summed E-state index contributed by atoms with van der Waals surface area (Å²) in [5.74, 6) is 0. The van der Waals surface area contributed by atoms with Gasteiger partial charge in [-0.05, 0) is 34.7 Å². The molecule has 2 heterocycles. The van der Waals surface area contributed by atoms with Gasteiger partial charge in [0.05, 0.1) is 16.8 Å². The predicted molar refractivity (Wildman–Crippen MR) is 106 cm³/mol. The fraction of sp³-hybridized carbons (Fsp3) is 0.300. The normalized spacial score (nSPS) is 12.3.